The van der Waals surface area contributed by atoms with E-state index < -0.39 is 0 Å². The van der Waals surface area contributed by atoms with Gasteiger partial charge in [0.1, 0.15) is 5.15 Å². The highest BCUT2D eigenvalue weighted by Gasteiger charge is 2.22. The Bertz CT molecular complexity index is 397. The van der Waals surface area contributed by atoms with Gasteiger partial charge < -0.3 is 4.90 Å². The van der Waals surface area contributed by atoms with Crippen molar-refractivity contribution >= 4 is 17.5 Å². The molecule has 0 unspecified atom stereocenters. The maximum atomic E-state index is 12.3. The SMILES string of the molecule is CN(C(=O)c1ccc(Cl)nc1)C1CCCCCC1. The summed E-state index contributed by atoms with van der Waals surface area (Å²) in [6.07, 6.45) is 8.81. The summed E-state index contributed by atoms with van der Waals surface area (Å²) in [6, 6.07) is 3.77. The van der Waals surface area contributed by atoms with Gasteiger partial charge in [-0.15, -0.1) is 0 Å². The van der Waals surface area contributed by atoms with Gasteiger partial charge in [-0.3, -0.25) is 4.79 Å². The number of rotatable bonds is 2. The second-order valence-corrected chi connectivity index (χ2v) is 5.32. The number of hydrogen-bond acceptors (Lipinski definition) is 2. The first-order valence-corrected chi connectivity index (χ1v) is 6.95. The Morgan fingerprint density at radius 3 is 2.50 bits per heavy atom. The summed E-state index contributed by atoms with van der Waals surface area (Å²) in [4.78, 5) is 18.1. The number of carbonyl (C=O) groups is 1. The summed E-state index contributed by atoms with van der Waals surface area (Å²) in [6.45, 7) is 0. The first-order valence-electron chi connectivity index (χ1n) is 6.57. The third-order valence-corrected chi connectivity index (χ3v) is 3.89. The largest absolute Gasteiger partial charge is 0.339 e. The summed E-state index contributed by atoms with van der Waals surface area (Å²) >= 11 is 5.73. The molecule has 18 heavy (non-hydrogen) atoms. The van der Waals surface area contributed by atoms with E-state index in [2.05, 4.69) is 4.98 Å². The first kappa shape index (κ1) is 13.3. The zero-order valence-corrected chi connectivity index (χ0v) is 11.5. The smallest absolute Gasteiger partial charge is 0.255 e. The molecule has 0 spiro atoms. The molecule has 1 saturated carbocycles. The fourth-order valence-electron chi connectivity index (χ4n) is 2.52. The van der Waals surface area contributed by atoms with Crippen LogP contribution in [0, 0.1) is 0 Å². The number of nitrogens with zero attached hydrogens (tertiary/aromatic N) is 2. The monoisotopic (exact) mass is 266 g/mol. The third-order valence-electron chi connectivity index (χ3n) is 3.67. The Hall–Kier alpha value is -1.09. The van der Waals surface area contributed by atoms with Crippen LogP contribution in [0.1, 0.15) is 48.9 Å². The second-order valence-electron chi connectivity index (χ2n) is 4.93. The average Bonchev–Trinajstić information content (AvgIpc) is 2.67. The number of hydrogen-bond donors (Lipinski definition) is 0. The highest BCUT2D eigenvalue weighted by Crippen LogP contribution is 2.22. The van der Waals surface area contributed by atoms with Crippen LogP contribution in [0.15, 0.2) is 18.3 Å². The predicted octanol–water partition coefficient (Wildman–Crippen LogP) is 3.53. The van der Waals surface area contributed by atoms with Crippen LogP contribution in [0.2, 0.25) is 5.15 Å². The minimum absolute atomic E-state index is 0.0473. The normalized spacial score (nSPS) is 17.2. The van der Waals surface area contributed by atoms with Crippen LogP contribution in [-0.4, -0.2) is 28.9 Å². The summed E-state index contributed by atoms with van der Waals surface area (Å²) in [5, 5.41) is 0.420. The lowest BCUT2D eigenvalue weighted by Crippen LogP contribution is -2.36. The zero-order chi connectivity index (χ0) is 13.0. The van der Waals surface area contributed by atoms with Gasteiger partial charge >= 0.3 is 0 Å². The summed E-state index contributed by atoms with van der Waals surface area (Å²) in [5.74, 6) is 0.0473. The van der Waals surface area contributed by atoms with Gasteiger partial charge in [-0.25, -0.2) is 4.98 Å². The van der Waals surface area contributed by atoms with Gasteiger partial charge in [0.25, 0.3) is 5.91 Å². The van der Waals surface area contributed by atoms with Gasteiger partial charge in [0, 0.05) is 19.3 Å². The number of pyridine rings is 1. The summed E-state index contributed by atoms with van der Waals surface area (Å²) < 4.78 is 0. The van der Waals surface area contributed by atoms with Crippen molar-refractivity contribution in [2.24, 2.45) is 0 Å². The zero-order valence-electron chi connectivity index (χ0n) is 10.7. The molecular formula is C14H19ClN2O. The van der Waals surface area contributed by atoms with Crippen molar-refractivity contribution in [2.75, 3.05) is 7.05 Å². The lowest BCUT2D eigenvalue weighted by Gasteiger charge is -2.27. The summed E-state index contributed by atoms with van der Waals surface area (Å²) in [7, 11) is 1.90. The molecule has 1 fully saturated rings. The van der Waals surface area contributed by atoms with Crippen LogP contribution in [0.4, 0.5) is 0 Å². The number of carbonyl (C=O) groups excluding carboxylic acids is 1. The molecule has 2 rings (SSSR count). The van der Waals surface area contributed by atoms with E-state index >= 15 is 0 Å². The average molecular weight is 267 g/mol. The minimum Gasteiger partial charge on any atom is -0.339 e. The molecule has 3 nitrogen and oxygen atoms in total. The number of amides is 1. The van der Waals surface area contributed by atoms with Crippen LogP contribution in [0.5, 0.6) is 0 Å². The van der Waals surface area contributed by atoms with Gasteiger partial charge in [0.05, 0.1) is 5.56 Å². The lowest BCUT2D eigenvalue weighted by atomic mass is 10.1. The molecule has 0 aromatic carbocycles. The van der Waals surface area contributed by atoms with E-state index in [0.29, 0.717) is 16.8 Å². The van der Waals surface area contributed by atoms with E-state index in [-0.39, 0.29) is 5.91 Å². The molecule has 0 bridgehead atoms. The lowest BCUT2D eigenvalue weighted by molar-refractivity contribution is 0.0717. The summed E-state index contributed by atoms with van der Waals surface area (Å²) in [5.41, 5.74) is 0.617. The van der Waals surface area contributed by atoms with E-state index in [1.54, 1.807) is 18.3 Å². The fraction of sp³-hybridized carbons (Fsp3) is 0.571. The topological polar surface area (TPSA) is 33.2 Å². The maximum Gasteiger partial charge on any atom is 0.255 e. The van der Waals surface area contributed by atoms with Crippen molar-refractivity contribution in [2.45, 2.75) is 44.6 Å². The molecule has 1 aromatic rings. The molecule has 1 aliphatic carbocycles. The molecule has 0 saturated heterocycles. The van der Waals surface area contributed by atoms with Gasteiger partial charge in [0.15, 0.2) is 0 Å². The maximum absolute atomic E-state index is 12.3. The third kappa shape index (κ3) is 3.22. The molecule has 1 aromatic heterocycles. The molecule has 1 heterocycles. The Kier molecular flexibility index (Phi) is 4.59. The molecule has 0 radical (unpaired) electrons. The van der Waals surface area contributed by atoms with Crippen LogP contribution in [0.3, 0.4) is 0 Å². The second kappa shape index (κ2) is 6.19. The van der Waals surface area contributed by atoms with Gasteiger partial charge in [-0.1, -0.05) is 37.3 Å². The van der Waals surface area contributed by atoms with Crippen LogP contribution < -0.4 is 0 Å². The van der Waals surface area contributed by atoms with Crippen molar-refractivity contribution in [1.82, 2.24) is 9.88 Å². The molecule has 1 aliphatic rings. The van der Waals surface area contributed by atoms with E-state index in [1.165, 1.54) is 25.7 Å². The van der Waals surface area contributed by atoms with Crippen molar-refractivity contribution in [3.63, 3.8) is 0 Å². The standard InChI is InChI=1S/C14H19ClN2O/c1-17(12-6-4-2-3-5-7-12)14(18)11-8-9-13(15)16-10-11/h8-10,12H,2-7H2,1H3. The van der Waals surface area contributed by atoms with E-state index in [4.69, 9.17) is 11.6 Å². The number of halogens is 1. The van der Waals surface area contributed by atoms with Crippen LogP contribution >= 0.6 is 11.6 Å². The van der Waals surface area contributed by atoms with Gasteiger partial charge in [-0.2, -0.15) is 0 Å². The Balaban J connectivity index is 2.05. The van der Waals surface area contributed by atoms with Crippen molar-refractivity contribution in [1.29, 1.82) is 0 Å². The first-order chi connectivity index (χ1) is 8.68. The van der Waals surface area contributed by atoms with E-state index in [0.717, 1.165) is 12.8 Å². The van der Waals surface area contributed by atoms with Crippen molar-refractivity contribution in [3.8, 4) is 0 Å². The Morgan fingerprint density at radius 2 is 1.94 bits per heavy atom. The highest BCUT2D eigenvalue weighted by molar-refractivity contribution is 6.29. The quantitative estimate of drug-likeness (QED) is 0.606. The van der Waals surface area contributed by atoms with E-state index in [1.807, 2.05) is 11.9 Å². The van der Waals surface area contributed by atoms with Gasteiger partial charge in [-0.05, 0) is 25.0 Å². The Labute approximate surface area is 113 Å². The van der Waals surface area contributed by atoms with Crippen molar-refractivity contribution in [3.05, 3.63) is 29.0 Å². The molecule has 1 amide bonds. The fourth-order valence-corrected chi connectivity index (χ4v) is 2.63. The molecule has 4 heteroatoms. The molecular weight excluding hydrogens is 248 g/mol. The Morgan fingerprint density at radius 1 is 1.28 bits per heavy atom. The molecule has 0 aliphatic heterocycles. The molecule has 0 atom stereocenters. The van der Waals surface area contributed by atoms with Crippen LogP contribution in [-0.2, 0) is 0 Å². The number of aromatic nitrogens is 1. The molecule has 98 valence electrons. The molecule has 0 N–H and O–H groups in total. The highest BCUT2D eigenvalue weighted by atomic mass is 35.5. The van der Waals surface area contributed by atoms with E-state index in [9.17, 15) is 4.79 Å². The van der Waals surface area contributed by atoms with Gasteiger partial charge in [0.2, 0.25) is 0 Å². The van der Waals surface area contributed by atoms with Crippen LogP contribution in [0.25, 0.3) is 0 Å². The van der Waals surface area contributed by atoms with Crippen molar-refractivity contribution < 1.29 is 4.79 Å². The predicted molar refractivity (Wildman–Crippen MR) is 72.8 cm³/mol. The minimum atomic E-state index is 0.0473.